The Kier molecular flexibility index (Phi) is 11.8. The molecule has 2 heterocycles. The third kappa shape index (κ3) is 8.34. The highest BCUT2D eigenvalue weighted by Crippen LogP contribution is 2.32. The number of hydrogen-bond donors (Lipinski definition) is 1. The van der Waals surface area contributed by atoms with Gasteiger partial charge >= 0.3 is 0 Å². The van der Waals surface area contributed by atoms with Crippen LogP contribution in [0.3, 0.4) is 0 Å². The van der Waals surface area contributed by atoms with Crippen LogP contribution >= 0.6 is 0 Å². The number of aromatic nitrogens is 1. The van der Waals surface area contributed by atoms with E-state index in [1.807, 2.05) is 18.2 Å². The largest absolute Gasteiger partial charge is 0.493 e. The molecular formula is C29H45N3O4. The lowest BCUT2D eigenvalue weighted by Crippen LogP contribution is -2.49. The number of benzene rings is 1. The first-order valence-electron chi connectivity index (χ1n) is 13.8. The Morgan fingerprint density at radius 1 is 1.08 bits per heavy atom. The van der Waals surface area contributed by atoms with Gasteiger partial charge in [-0.2, -0.15) is 0 Å². The number of pyridine rings is 1. The highest BCUT2D eigenvalue weighted by Gasteiger charge is 2.24. The molecular weight excluding hydrogens is 454 g/mol. The van der Waals surface area contributed by atoms with Crippen molar-refractivity contribution in [2.75, 3.05) is 40.0 Å². The number of rotatable bonds is 15. The monoisotopic (exact) mass is 499 g/mol. The molecule has 0 bridgehead atoms. The molecule has 1 aromatic carbocycles. The number of nitrogens with zero attached hydrogens (tertiary/aromatic N) is 2. The van der Waals surface area contributed by atoms with Gasteiger partial charge in [0.05, 0.1) is 13.2 Å². The minimum atomic E-state index is -0.163. The molecule has 7 nitrogen and oxygen atoms in total. The van der Waals surface area contributed by atoms with Gasteiger partial charge in [-0.1, -0.05) is 38.7 Å². The van der Waals surface area contributed by atoms with Crippen molar-refractivity contribution >= 4 is 16.8 Å². The van der Waals surface area contributed by atoms with Crippen molar-refractivity contribution in [1.82, 2.24) is 15.2 Å². The lowest BCUT2D eigenvalue weighted by atomic mass is 10.0. The van der Waals surface area contributed by atoms with Crippen molar-refractivity contribution in [2.45, 2.75) is 84.2 Å². The number of nitrogens with one attached hydrogen (secondary N) is 1. The molecule has 7 heteroatoms. The van der Waals surface area contributed by atoms with Crippen LogP contribution in [0.1, 0.15) is 82.6 Å². The first-order chi connectivity index (χ1) is 17.5. The van der Waals surface area contributed by atoms with Crippen molar-refractivity contribution in [2.24, 2.45) is 0 Å². The highest BCUT2D eigenvalue weighted by atomic mass is 16.5. The van der Waals surface area contributed by atoms with E-state index in [0.717, 1.165) is 50.6 Å². The third-order valence-electron chi connectivity index (χ3n) is 6.77. The number of fused-ring (bicyclic) bond motifs is 1. The summed E-state index contributed by atoms with van der Waals surface area (Å²) >= 11 is 0. The van der Waals surface area contributed by atoms with Crippen molar-refractivity contribution < 1.29 is 19.0 Å². The number of piperidine rings is 1. The van der Waals surface area contributed by atoms with Crippen LogP contribution < -0.4 is 14.8 Å². The molecule has 1 atom stereocenters. The Labute approximate surface area is 216 Å². The summed E-state index contributed by atoms with van der Waals surface area (Å²) in [4.78, 5) is 20.5. The van der Waals surface area contributed by atoms with Crippen LogP contribution in [0.15, 0.2) is 24.3 Å². The summed E-state index contributed by atoms with van der Waals surface area (Å²) in [5, 5.41) is 4.08. The van der Waals surface area contributed by atoms with Crippen LogP contribution in [0.25, 0.3) is 10.9 Å². The van der Waals surface area contributed by atoms with Gasteiger partial charge in [0.25, 0.3) is 5.91 Å². The fraction of sp³-hybridized carbons (Fsp3) is 0.655. The lowest BCUT2D eigenvalue weighted by molar-refractivity contribution is 0.0881. The maximum atomic E-state index is 13.3. The minimum Gasteiger partial charge on any atom is -0.493 e. The molecule has 0 unspecified atom stereocenters. The summed E-state index contributed by atoms with van der Waals surface area (Å²) in [7, 11) is 1.68. The molecule has 36 heavy (non-hydrogen) atoms. The normalized spacial score (nSPS) is 16.4. The van der Waals surface area contributed by atoms with Crippen molar-refractivity contribution in [3.8, 4) is 11.5 Å². The quantitative estimate of drug-likeness (QED) is 0.322. The predicted octanol–water partition coefficient (Wildman–Crippen LogP) is 5.60. The predicted molar refractivity (Wildman–Crippen MR) is 145 cm³/mol. The Balaban J connectivity index is 1.79. The standard InChI is InChI=1S/C29H45N3O4/c1-5-6-7-8-9-18-35-26-15-10-14-24-27(36-19-12-17-34-4)20-25(31-28(24)26)29(33)30-23-13-11-16-32(21-23)22(2)3/h10,14-15,20,22-23H,5-9,11-13,16-19,21H2,1-4H3,(H,30,33)/t23-/m1/s1. The topological polar surface area (TPSA) is 72.9 Å². The number of carbonyl (C=O) groups excluding carboxylic acids is 1. The molecule has 1 aliphatic heterocycles. The van der Waals surface area contributed by atoms with Crippen LogP contribution in [0.2, 0.25) is 0 Å². The Hall–Kier alpha value is -2.38. The Bertz CT molecular complexity index is 950. The number of para-hydroxylation sites is 1. The summed E-state index contributed by atoms with van der Waals surface area (Å²) in [5.41, 5.74) is 1.04. The van der Waals surface area contributed by atoms with E-state index >= 15 is 0 Å². The molecule has 0 spiro atoms. The van der Waals surface area contributed by atoms with E-state index in [2.05, 4.69) is 31.0 Å². The average molecular weight is 500 g/mol. The van der Waals surface area contributed by atoms with Crippen molar-refractivity contribution in [1.29, 1.82) is 0 Å². The zero-order valence-electron chi connectivity index (χ0n) is 22.7. The molecule has 1 aliphatic rings. The van der Waals surface area contributed by atoms with E-state index in [-0.39, 0.29) is 11.9 Å². The maximum Gasteiger partial charge on any atom is 0.270 e. The summed E-state index contributed by atoms with van der Waals surface area (Å²) in [6.45, 7) is 10.3. The van der Waals surface area contributed by atoms with Crippen LogP contribution in [0, 0.1) is 0 Å². The summed E-state index contributed by atoms with van der Waals surface area (Å²) in [6.07, 6.45) is 8.70. The fourth-order valence-corrected chi connectivity index (χ4v) is 4.67. The number of methoxy groups -OCH3 is 1. The van der Waals surface area contributed by atoms with Gasteiger partial charge in [0.1, 0.15) is 22.7 Å². The SMILES string of the molecule is CCCCCCCOc1cccc2c(OCCCOC)cc(C(=O)N[C@@H]3CCCN(C(C)C)C3)nc12. The fourth-order valence-electron chi connectivity index (χ4n) is 4.67. The third-order valence-corrected chi connectivity index (χ3v) is 6.77. The molecule has 1 amide bonds. The van der Waals surface area contributed by atoms with Gasteiger partial charge in [0.2, 0.25) is 0 Å². The molecule has 1 aromatic heterocycles. The second-order valence-corrected chi connectivity index (χ2v) is 10.0. The van der Waals surface area contributed by atoms with Gasteiger partial charge in [0, 0.05) is 50.2 Å². The van der Waals surface area contributed by atoms with E-state index in [1.165, 1.54) is 19.3 Å². The number of ether oxygens (including phenoxy) is 3. The number of unbranched alkanes of at least 4 members (excludes halogenated alkanes) is 4. The smallest absolute Gasteiger partial charge is 0.270 e. The second-order valence-electron chi connectivity index (χ2n) is 10.0. The van der Waals surface area contributed by atoms with Crippen molar-refractivity contribution in [3.05, 3.63) is 30.0 Å². The highest BCUT2D eigenvalue weighted by molar-refractivity contribution is 5.98. The molecule has 2 aromatic rings. The molecule has 1 fully saturated rings. The van der Waals surface area contributed by atoms with Gasteiger partial charge in [-0.3, -0.25) is 9.69 Å². The van der Waals surface area contributed by atoms with E-state index in [9.17, 15) is 4.79 Å². The Morgan fingerprint density at radius 3 is 2.64 bits per heavy atom. The van der Waals surface area contributed by atoms with Gasteiger partial charge in [-0.15, -0.1) is 0 Å². The van der Waals surface area contributed by atoms with Gasteiger partial charge < -0.3 is 19.5 Å². The molecule has 0 radical (unpaired) electrons. The summed E-state index contributed by atoms with van der Waals surface area (Å²) in [6, 6.07) is 8.22. The Morgan fingerprint density at radius 2 is 1.86 bits per heavy atom. The average Bonchev–Trinajstić information content (AvgIpc) is 2.88. The first-order valence-corrected chi connectivity index (χ1v) is 13.8. The van der Waals surface area contributed by atoms with E-state index < -0.39 is 0 Å². The summed E-state index contributed by atoms with van der Waals surface area (Å²) < 4.78 is 17.4. The van der Waals surface area contributed by atoms with E-state index in [0.29, 0.717) is 48.6 Å². The van der Waals surface area contributed by atoms with Gasteiger partial charge in [0.15, 0.2) is 0 Å². The lowest BCUT2D eigenvalue weighted by Gasteiger charge is -2.35. The second kappa shape index (κ2) is 15.0. The molecule has 1 N–H and O–H groups in total. The first kappa shape index (κ1) is 28.2. The molecule has 0 aliphatic carbocycles. The number of amides is 1. The summed E-state index contributed by atoms with van der Waals surface area (Å²) in [5.74, 6) is 1.19. The molecule has 1 saturated heterocycles. The number of hydrogen-bond acceptors (Lipinski definition) is 6. The molecule has 200 valence electrons. The van der Waals surface area contributed by atoms with E-state index in [1.54, 1.807) is 13.2 Å². The maximum absolute atomic E-state index is 13.3. The van der Waals surface area contributed by atoms with Crippen LogP contribution in [0.5, 0.6) is 11.5 Å². The zero-order valence-corrected chi connectivity index (χ0v) is 22.7. The number of carbonyl (C=O) groups is 1. The van der Waals surface area contributed by atoms with Gasteiger partial charge in [-0.05, 0) is 51.8 Å². The molecule has 3 rings (SSSR count). The minimum absolute atomic E-state index is 0.117. The molecule has 0 saturated carbocycles. The number of likely N-dealkylation sites (tertiary alicyclic amines) is 1. The van der Waals surface area contributed by atoms with Crippen LogP contribution in [-0.2, 0) is 4.74 Å². The van der Waals surface area contributed by atoms with E-state index in [4.69, 9.17) is 19.2 Å². The zero-order chi connectivity index (χ0) is 25.8. The van der Waals surface area contributed by atoms with Crippen LogP contribution in [0.4, 0.5) is 0 Å². The van der Waals surface area contributed by atoms with Crippen LogP contribution in [-0.4, -0.2) is 67.9 Å². The van der Waals surface area contributed by atoms with Gasteiger partial charge in [-0.25, -0.2) is 4.98 Å². The van der Waals surface area contributed by atoms with Crippen molar-refractivity contribution in [3.63, 3.8) is 0 Å².